The summed E-state index contributed by atoms with van der Waals surface area (Å²) in [5.74, 6) is 1.17. The van der Waals surface area contributed by atoms with E-state index < -0.39 is 0 Å². The Hall–Kier alpha value is -0.570. The number of aliphatic hydroxyl groups excluding tert-OH is 1. The van der Waals surface area contributed by atoms with E-state index in [1.54, 1.807) is 0 Å². The molecule has 2 aliphatic carbocycles. The summed E-state index contributed by atoms with van der Waals surface area (Å²) in [6.45, 7) is 0.313. The maximum atomic E-state index is 11.8. The van der Waals surface area contributed by atoms with Crippen molar-refractivity contribution in [1.29, 1.82) is 0 Å². The Morgan fingerprint density at radius 1 is 1.20 bits per heavy atom. The average molecular weight is 211 g/mol. The second kappa shape index (κ2) is 4.52. The number of aliphatic hydroxyl groups is 1. The van der Waals surface area contributed by atoms with E-state index in [0.29, 0.717) is 30.4 Å². The molecule has 2 aliphatic rings. The molecule has 0 aliphatic heterocycles. The van der Waals surface area contributed by atoms with Crippen molar-refractivity contribution in [1.82, 2.24) is 4.90 Å². The van der Waals surface area contributed by atoms with E-state index in [1.807, 2.05) is 11.9 Å². The third kappa shape index (κ3) is 2.51. The fourth-order valence-corrected chi connectivity index (χ4v) is 2.51. The van der Waals surface area contributed by atoms with E-state index in [1.165, 1.54) is 0 Å². The first kappa shape index (κ1) is 10.9. The van der Waals surface area contributed by atoms with Crippen molar-refractivity contribution in [2.24, 2.45) is 11.8 Å². The number of rotatable bonds is 3. The molecule has 3 heteroatoms. The topological polar surface area (TPSA) is 40.5 Å². The predicted octanol–water partition coefficient (Wildman–Crippen LogP) is 1.41. The van der Waals surface area contributed by atoms with Crippen molar-refractivity contribution >= 4 is 5.91 Å². The Balaban J connectivity index is 1.81. The minimum Gasteiger partial charge on any atom is -0.396 e. The number of carbonyl (C=O) groups excluding carboxylic acids is 1. The summed E-state index contributed by atoms with van der Waals surface area (Å²) in [5.41, 5.74) is 0. The van der Waals surface area contributed by atoms with Crippen molar-refractivity contribution in [3.8, 4) is 0 Å². The highest BCUT2D eigenvalue weighted by molar-refractivity contribution is 5.81. The van der Waals surface area contributed by atoms with Crippen LogP contribution in [0.15, 0.2) is 0 Å². The number of carbonyl (C=O) groups is 1. The van der Waals surface area contributed by atoms with E-state index in [-0.39, 0.29) is 0 Å². The molecule has 0 aromatic rings. The average Bonchev–Trinajstić information content (AvgIpc) is 3.11. The molecule has 1 N–H and O–H groups in total. The molecule has 86 valence electrons. The van der Waals surface area contributed by atoms with Gasteiger partial charge in [-0.05, 0) is 44.4 Å². The summed E-state index contributed by atoms with van der Waals surface area (Å²) in [7, 11) is 1.95. The van der Waals surface area contributed by atoms with E-state index in [9.17, 15) is 4.79 Å². The van der Waals surface area contributed by atoms with Gasteiger partial charge in [-0.25, -0.2) is 0 Å². The molecule has 0 spiro atoms. The Morgan fingerprint density at radius 3 is 2.27 bits per heavy atom. The summed E-state index contributed by atoms with van der Waals surface area (Å²) >= 11 is 0. The molecule has 0 aromatic carbocycles. The molecule has 2 saturated carbocycles. The lowest BCUT2D eigenvalue weighted by Crippen LogP contribution is -2.40. The van der Waals surface area contributed by atoms with Gasteiger partial charge in [-0.15, -0.1) is 0 Å². The van der Waals surface area contributed by atoms with Crippen molar-refractivity contribution in [2.45, 2.75) is 44.6 Å². The van der Waals surface area contributed by atoms with Gasteiger partial charge >= 0.3 is 0 Å². The van der Waals surface area contributed by atoms with Gasteiger partial charge in [0.15, 0.2) is 0 Å². The van der Waals surface area contributed by atoms with E-state index >= 15 is 0 Å². The van der Waals surface area contributed by atoms with Crippen LogP contribution in [0.2, 0.25) is 0 Å². The van der Waals surface area contributed by atoms with Crippen molar-refractivity contribution < 1.29 is 9.90 Å². The molecule has 0 aromatic heterocycles. The molecule has 0 unspecified atom stereocenters. The van der Waals surface area contributed by atoms with E-state index in [0.717, 1.165) is 38.5 Å². The standard InChI is InChI=1S/C12H21NO2/c1-13(12(15)10-4-5-10)11-6-2-9(8-14)3-7-11/h9-11,14H,2-8H2,1H3. The Morgan fingerprint density at radius 2 is 1.80 bits per heavy atom. The molecule has 0 atom stereocenters. The second-order valence-electron chi connectivity index (χ2n) is 5.08. The molecule has 3 nitrogen and oxygen atoms in total. The molecule has 2 fully saturated rings. The molecule has 0 bridgehead atoms. The summed E-state index contributed by atoms with van der Waals surface area (Å²) in [5, 5.41) is 9.04. The minimum absolute atomic E-state index is 0.313. The van der Waals surface area contributed by atoms with Gasteiger partial charge < -0.3 is 10.0 Å². The quantitative estimate of drug-likeness (QED) is 0.766. The van der Waals surface area contributed by atoms with Gasteiger partial charge in [-0.3, -0.25) is 4.79 Å². The van der Waals surface area contributed by atoms with Gasteiger partial charge in [0.05, 0.1) is 0 Å². The van der Waals surface area contributed by atoms with E-state index in [4.69, 9.17) is 5.11 Å². The first-order valence-electron chi connectivity index (χ1n) is 6.10. The molecular formula is C12H21NO2. The fourth-order valence-electron chi connectivity index (χ4n) is 2.51. The normalized spacial score (nSPS) is 31.3. The summed E-state index contributed by atoms with van der Waals surface area (Å²) in [6.07, 6.45) is 6.47. The maximum Gasteiger partial charge on any atom is 0.225 e. The molecule has 1 amide bonds. The Kier molecular flexibility index (Phi) is 3.29. The lowest BCUT2D eigenvalue weighted by Gasteiger charge is -2.34. The minimum atomic E-state index is 0.313. The van der Waals surface area contributed by atoms with Crippen LogP contribution in [0.4, 0.5) is 0 Å². The molecule has 0 heterocycles. The van der Waals surface area contributed by atoms with Crippen LogP contribution in [-0.2, 0) is 4.79 Å². The zero-order chi connectivity index (χ0) is 10.8. The zero-order valence-corrected chi connectivity index (χ0v) is 9.48. The summed E-state index contributed by atoms with van der Waals surface area (Å²) in [4.78, 5) is 13.8. The highest BCUT2D eigenvalue weighted by Crippen LogP contribution is 2.33. The number of nitrogens with zero attached hydrogens (tertiary/aromatic N) is 1. The Labute approximate surface area is 91.5 Å². The number of hydrogen-bond acceptors (Lipinski definition) is 2. The molecule has 15 heavy (non-hydrogen) atoms. The predicted molar refractivity (Wildman–Crippen MR) is 58.3 cm³/mol. The van der Waals surface area contributed by atoms with Crippen LogP contribution in [0.25, 0.3) is 0 Å². The SMILES string of the molecule is CN(C(=O)C1CC1)C1CCC(CO)CC1. The largest absolute Gasteiger partial charge is 0.396 e. The van der Waals surface area contributed by atoms with Gasteiger partial charge in [0.1, 0.15) is 0 Å². The molecular weight excluding hydrogens is 190 g/mol. The van der Waals surface area contributed by atoms with Gasteiger partial charge in [-0.1, -0.05) is 0 Å². The van der Waals surface area contributed by atoms with Crippen LogP contribution >= 0.6 is 0 Å². The lowest BCUT2D eigenvalue weighted by atomic mass is 9.86. The Bertz CT molecular complexity index is 230. The van der Waals surface area contributed by atoms with Gasteiger partial charge in [0, 0.05) is 25.6 Å². The lowest BCUT2D eigenvalue weighted by molar-refractivity contribution is -0.134. The van der Waals surface area contributed by atoms with Gasteiger partial charge in [0.25, 0.3) is 0 Å². The van der Waals surface area contributed by atoms with E-state index in [2.05, 4.69) is 0 Å². The van der Waals surface area contributed by atoms with Crippen LogP contribution in [0.5, 0.6) is 0 Å². The highest BCUT2D eigenvalue weighted by atomic mass is 16.3. The van der Waals surface area contributed by atoms with Crippen LogP contribution in [0, 0.1) is 11.8 Å². The second-order valence-corrected chi connectivity index (χ2v) is 5.08. The van der Waals surface area contributed by atoms with Crippen molar-refractivity contribution in [3.05, 3.63) is 0 Å². The number of amides is 1. The van der Waals surface area contributed by atoms with Gasteiger partial charge in [0.2, 0.25) is 5.91 Å². The van der Waals surface area contributed by atoms with Gasteiger partial charge in [-0.2, -0.15) is 0 Å². The molecule has 0 saturated heterocycles. The third-order valence-electron chi connectivity index (χ3n) is 3.90. The monoisotopic (exact) mass is 211 g/mol. The zero-order valence-electron chi connectivity index (χ0n) is 9.48. The first-order valence-corrected chi connectivity index (χ1v) is 6.10. The third-order valence-corrected chi connectivity index (χ3v) is 3.90. The van der Waals surface area contributed by atoms with Crippen LogP contribution in [0.1, 0.15) is 38.5 Å². The van der Waals surface area contributed by atoms with Crippen molar-refractivity contribution in [2.75, 3.05) is 13.7 Å². The molecule has 0 radical (unpaired) electrons. The van der Waals surface area contributed by atoms with Crippen molar-refractivity contribution in [3.63, 3.8) is 0 Å². The first-order chi connectivity index (χ1) is 7.22. The highest BCUT2D eigenvalue weighted by Gasteiger charge is 2.35. The maximum absolute atomic E-state index is 11.8. The molecule has 2 rings (SSSR count). The van der Waals surface area contributed by atoms with Crippen LogP contribution in [-0.4, -0.2) is 35.6 Å². The smallest absolute Gasteiger partial charge is 0.225 e. The van der Waals surface area contributed by atoms with Crippen LogP contribution in [0.3, 0.4) is 0 Å². The van der Waals surface area contributed by atoms with Crippen LogP contribution < -0.4 is 0 Å². The fraction of sp³-hybridized carbons (Fsp3) is 0.917. The number of hydrogen-bond donors (Lipinski definition) is 1. The summed E-state index contributed by atoms with van der Waals surface area (Å²) in [6, 6.07) is 0.431. The summed E-state index contributed by atoms with van der Waals surface area (Å²) < 4.78 is 0.